The first kappa shape index (κ1) is 30.0. The largest absolute Gasteiger partial charge is 0.481 e. The second kappa shape index (κ2) is 14.5. The number of nitrogens with two attached hydrogens (primary N) is 1. The van der Waals surface area contributed by atoms with Crippen molar-refractivity contribution in [1.29, 1.82) is 0 Å². The number of allylic oxidation sites excluding steroid dienone is 2. The number of benzene rings is 1. The number of hydrogen-bond acceptors (Lipinski definition) is 8. The number of alkyl halides is 1. The maximum Gasteiger partial charge on any atom is 0.335 e. The molecule has 0 aliphatic carbocycles. The molecule has 0 spiro atoms. The van der Waals surface area contributed by atoms with Crippen molar-refractivity contribution in [2.45, 2.75) is 37.0 Å². The molecule has 1 aliphatic heterocycles. The van der Waals surface area contributed by atoms with Crippen molar-refractivity contribution >= 4 is 41.0 Å². The molecule has 37 heavy (non-hydrogen) atoms. The molecular weight excluding hydrogens is 502 g/mol. The van der Waals surface area contributed by atoms with E-state index in [1.807, 2.05) is 4.90 Å². The molecule has 0 bridgehead atoms. The van der Waals surface area contributed by atoms with Crippen LogP contribution in [0.3, 0.4) is 0 Å². The number of nitrogens with zero attached hydrogens (tertiary/aromatic N) is 2. The average molecular weight is 536 g/mol. The van der Waals surface area contributed by atoms with Crippen molar-refractivity contribution < 1.29 is 29.0 Å². The van der Waals surface area contributed by atoms with Gasteiger partial charge in [0.2, 0.25) is 11.8 Å². The minimum absolute atomic E-state index is 0.0551. The van der Waals surface area contributed by atoms with Crippen LogP contribution >= 0.6 is 11.6 Å². The Morgan fingerprint density at radius 3 is 2.54 bits per heavy atom. The molecule has 1 aromatic rings. The summed E-state index contributed by atoms with van der Waals surface area (Å²) in [5.41, 5.74) is 6.52. The van der Waals surface area contributed by atoms with Gasteiger partial charge in [0.15, 0.2) is 0 Å². The van der Waals surface area contributed by atoms with E-state index in [-0.39, 0.29) is 41.6 Å². The van der Waals surface area contributed by atoms with Gasteiger partial charge >= 0.3 is 5.97 Å². The molecule has 0 aromatic heterocycles. The van der Waals surface area contributed by atoms with E-state index in [1.165, 1.54) is 43.5 Å². The summed E-state index contributed by atoms with van der Waals surface area (Å²) in [6.07, 6.45) is 2.50. The van der Waals surface area contributed by atoms with Gasteiger partial charge in [-0.1, -0.05) is 6.08 Å². The predicted octanol–water partition coefficient (Wildman–Crippen LogP) is 1.60. The summed E-state index contributed by atoms with van der Waals surface area (Å²) in [6, 6.07) is 5.57. The zero-order valence-corrected chi connectivity index (χ0v) is 21.9. The molecule has 2 unspecified atom stereocenters. The van der Waals surface area contributed by atoms with Crippen LogP contribution in [-0.4, -0.2) is 91.2 Å². The van der Waals surface area contributed by atoms with E-state index in [9.17, 15) is 14.4 Å². The zero-order chi connectivity index (χ0) is 27.5. The van der Waals surface area contributed by atoms with E-state index >= 15 is 0 Å². The van der Waals surface area contributed by atoms with Gasteiger partial charge in [0.1, 0.15) is 0 Å². The highest BCUT2D eigenvalue weighted by Crippen LogP contribution is 2.17. The quantitative estimate of drug-likeness (QED) is 0.109. The van der Waals surface area contributed by atoms with Crippen LogP contribution in [0.2, 0.25) is 0 Å². The highest BCUT2D eigenvalue weighted by molar-refractivity contribution is 6.25. The third kappa shape index (κ3) is 9.29. The van der Waals surface area contributed by atoms with Gasteiger partial charge in [-0.25, -0.2) is 9.79 Å². The first-order valence-electron chi connectivity index (χ1n) is 11.6. The van der Waals surface area contributed by atoms with Crippen LogP contribution in [0.1, 0.15) is 23.7 Å². The fourth-order valence-electron chi connectivity index (χ4n) is 3.76. The number of aromatic carboxylic acids is 1. The number of carbonyl (C=O) groups is 3. The topological polar surface area (TPSA) is 156 Å². The molecule has 0 radical (unpaired) electrons. The van der Waals surface area contributed by atoms with Gasteiger partial charge in [0.05, 0.1) is 48.5 Å². The number of likely N-dealkylation sites (tertiary alicyclic amines) is 1. The monoisotopic (exact) mass is 535 g/mol. The summed E-state index contributed by atoms with van der Waals surface area (Å²) in [6.45, 7) is 6.33. The molecule has 202 valence electrons. The molecule has 1 heterocycles. The summed E-state index contributed by atoms with van der Waals surface area (Å²) < 4.78 is 10.9. The van der Waals surface area contributed by atoms with Crippen LogP contribution in [-0.2, 0) is 19.1 Å². The Morgan fingerprint density at radius 1 is 1.32 bits per heavy atom. The molecule has 12 heteroatoms. The number of nitrogens with one attached hydrogen (secondary N) is 2. The van der Waals surface area contributed by atoms with Crippen molar-refractivity contribution in [1.82, 2.24) is 10.2 Å². The Bertz CT molecular complexity index is 1030. The summed E-state index contributed by atoms with van der Waals surface area (Å²) in [4.78, 5) is 42.8. The average Bonchev–Trinajstić information content (AvgIpc) is 2.86. The highest BCUT2D eigenvalue weighted by atomic mass is 35.5. The number of halogens is 1. The standard InChI is InChI=1S/C25H34ClN5O6/c1-5-17(26)12-19(24(37-4)28-15(2)27)23(33)30-20-10-11-31(13-21(20)36-3)14-22(32)29-18-8-6-16(7-9-18)25(34)35/h5-9,12,15,17,20-21H,1,10-11,13-14,27H2,2-4H3,(H,29,32)(H,30,33)(H,34,35)/b19-12-,28-24+/t15?,17?,20-,21+/m1/s1. The van der Waals surface area contributed by atoms with E-state index in [4.69, 9.17) is 31.9 Å². The lowest BCUT2D eigenvalue weighted by molar-refractivity contribution is -0.122. The van der Waals surface area contributed by atoms with Gasteiger partial charge in [0, 0.05) is 25.9 Å². The number of amides is 2. The number of rotatable bonds is 11. The fourth-order valence-corrected chi connectivity index (χ4v) is 3.89. The van der Waals surface area contributed by atoms with Crippen molar-refractivity contribution in [2.75, 3.05) is 39.2 Å². The number of hydrogen-bond donors (Lipinski definition) is 4. The smallest absolute Gasteiger partial charge is 0.335 e. The van der Waals surface area contributed by atoms with Crippen molar-refractivity contribution in [3.05, 3.63) is 54.1 Å². The number of piperidine rings is 1. The van der Waals surface area contributed by atoms with Gasteiger partial charge < -0.3 is 30.9 Å². The minimum Gasteiger partial charge on any atom is -0.481 e. The molecular formula is C25H34ClN5O6. The number of anilines is 1. The number of ether oxygens (including phenoxy) is 2. The molecule has 0 saturated carbocycles. The number of carbonyl (C=O) groups excluding carboxylic acids is 2. The predicted molar refractivity (Wildman–Crippen MR) is 142 cm³/mol. The molecule has 1 aliphatic rings. The number of carboxylic acids is 1. The van der Waals surface area contributed by atoms with E-state index in [0.717, 1.165) is 0 Å². The highest BCUT2D eigenvalue weighted by Gasteiger charge is 2.32. The second-order valence-electron chi connectivity index (χ2n) is 8.45. The van der Waals surface area contributed by atoms with Crippen LogP contribution in [0.15, 0.2) is 53.6 Å². The van der Waals surface area contributed by atoms with Crippen LogP contribution in [0, 0.1) is 0 Å². The van der Waals surface area contributed by atoms with Crippen molar-refractivity contribution in [2.24, 2.45) is 10.7 Å². The fraction of sp³-hybridized carbons (Fsp3) is 0.440. The molecule has 5 N–H and O–H groups in total. The lowest BCUT2D eigenvalue weighted by atomic mass is 10.0. The Balaban J connectivity index is 2.03. The third-order valence-electron chi connectivity index (χ3n) is 5.59. The van der Waals surface area contributed by atoms with Crippen LogP contribution in [0.25, 0.3) is 0 Å². The number of carboxylic acid groups (broad SMARTS) is 1. The number of methoxy groups -OCH3 is 2. The van der Waals surface area contributed by atoms with Gasteiger partial charge in [-0.05, 0) is 43.7 Å². The van der Waals surface area contributed by atoms with Crippen LogP contribution in [0.5, 0.6) is 0 Å². The Kier molecular flexibility index (Phi) is 11.7. The van der Waals surface area contributed by atoms with Crippen LogP contribution < -0.4 is 16.4 Å². The van der Waals surface area contributed by atoms with E-state index < -0.39 is 23.4 Å². The molecule has 1 fully saturated rings. The van der Waals surface area contributed by atoms with E-state index in [0.29, 0.717) is 25.2 Å². The first-order chi connectivity index (χ1) is 17.6. The van der Waals surface area contributed by atoms with E-state index in [1.54, 1.807) is 14.0 Å². The first-order valence-corrected chi connectivity index (χ1v) is 12.1. The SMILES string of the molecule is C=CC(Cl)/C=C(C(=O)N[C@@H]1CCN(CC(=O)Nc2ccc(C(=O)O)cc2)C[C@@H]1OC)\C(=N/C(C)N)OC. The third-order valence-corrected chi connectivity index (χ3v) is 5.89. The molecule has 1 aromatic carbocycles. The maximum absolute atomic E-state index is 13.2. The lowest BCUT2D eigenvalue weighted by Crippen LogP contribution is -2.56. The zero-order valence-electron chi connectivity index (χ0n) is 21.1. The summed E-state index contributed by atoms with van der Waals surface area (Å²) in [7, 11) is 2.93. The number of aliphatic imine (C=N–C) groups is 1. The molecule has 11 nitrogen and oxygen atoms in total. The Labute approximate surface area is 221 Å². The minimum atomic E-state index is -1.04. The molecule has 2 rings (SSSR count). The molecule has 1 saturated heterocycles. The van der Waals surface area contributed by atoms with Gasteiger partial charge in [-0.3, -0.25) is 14.5 Å². The molecule has 4 atom stereocenters. The summed E-state index contributed by atoms with van der Waals surface area (Å²) in [5, 5.41) is 14.1. The summed E-state index contributed by atoms with van der Waals surface area (Å²) in [5.74, 6) is -1.68. The lowest BCUT2D eigenvalue weighted by Gasteiger charge is -2.37. The second-order valence-corrected chi connectivity index (χ2v) is 8.95. The van der Waals surface area contributed by atoms with Gasteiger partial charge in [0.25, 0.3) is 5.91 Å². The Morgan fingerprint density at radius 2 is 2.00 bits per heavy atom. The van der Waals surface area contributed by atoms with Gasteiger partial charge in [-0.15, -0.1) is 18.2 Å². The van der Waals surface area contributed by atoms with Crippen molar-refractivity contribution in [3.63, 3.8) is 0 Å². The Hall–Kier alpha value is -3.25. The van der Waals surface area contributed by atoms with Crippen molar-refractivity contribution in [3.8, 4) is 0 Å². The normalized spacial score (nSPS) is 20.5. The molecule has 2 amide bonds. The van der Waals surface area contributed by atoms with Crippen LogP contribution in [0.4, 0.5) is 5.69 Å². The maximum atomic E-state index is 13.2. The van der Waals surface area contributed by atoms with Gasteiger partial charge in [-0.2, -0.15) is 0 Å². The summed E-state index contributed by atoms with van der Waals surface area (Å²) >= 11 is 6.18. The van der Waals surface area contributed by atoms with E-state index in [2.05, 4.69) is 22.2 Å².